The molecule has 1 N–H and O–H groups in total. The molecule has 0 aromatic heterocycles. The highest BCUT2D eigenvalue weighted by Crippen LogP contribution is 2.37. The fraction of sp³-hybridized carbons (Fsp3) is 0.385. The fourth-order valence-corrected chi connectivity index (χ4v) is 1.81. The third kappa shape index (κ3) is 1.54. The lowest BCUT2D eigenvalue weighted by molar-refractivity contribution is 0.473. The van der Waals surface area contributed by atoms with Crippen LogP contribution in [0, 0.1) is 5.41 Å². The van der Waals surface area contributed by atoms with Gasteiger partial charge in [-0.05, 0) is 35.1 Å². The summed E-state index contributed by atoms with van der Waals surface area (Å²) >= 11 is 0. The van der Waals surface area contributed by atoms with Gasteiger partial charge in [0.05, 0.1) is 0 Å². The third-order valence-electron chi connectivity index (χ3n) is 2.80. The first-order valence-electron chi connectivity index (χ1n) is 5.00. The van der Waals surface area contributed by atoms with Gasteiger partial charge in [0, 0.05) is 0 Å². The van der Waals surface area contributed by atoms with E-state index in [-0.39, 0.29) is 5.41 Å². The molecule has 0 bridgehead atoms. The Morgan fingerprint density at radius 2 is 1.93 bits per heavy atom. The first kappa shape index (κ1) is 9.32. The molecule has 0 fully saturated rings. The lowest BCUT2D eigenvalue weighted by Crippen LogP contribution is -2.08. The highest BCUT2D eigenvalue weighted by molar-refractivity contribution is 5.65. The van der Waals surface area contributed by atoms with Crippen molar-refractivity contribution in [3.63, 3.8) is 0 Å². The Labute approximate surface area is 85.1 Å². The predicted molar refractivity (Wildman–Crippen MR) is 59.2 cm³/mol. The number of aromatic hydroxyl groups is 1. The molecule has 1 aliphatic carbocycles. The van der Waals surface area contributed by atoms with E-state index < -0.39 is 0 Å². The average Bonchev–Trinajstić information content (AvgIpc) is 2.45. The van der Waals surface area contributed by atoms with Crippen molar-refractivity contribution in [3.8, 4) is 5.75 Å². The van der Waals surface area contributed by atoms with Gasteiger partial charge < -0.3 is 5.11 Å². The molecular formula is C13H16O. The minimum atomic E-state index is 0.231. The van der Waals surface area contributed by atoms with Gasteiger partial charge in [0.1, 0.15) is 5.75 Å². The van der Waals surface area contributed by atoms with Crippen LogP contribution in [0.4, 0.5) is 0 Å². The summed E-state index contributed by atoms with van der Waals surface area (Å²) in [5, 5.41) is 9.36. The van der Waals surface area contributed by atoms with Gasteiger partial charge in [0.2, 0.25) is 0 Å². The first-order chi connectivity index (χ1) is 6.47. The Bertz CT molecular complexity index is 394. The number of phenolic OH excluding ortho intramolecular Hbond substituents is 1. The van der Waals surface area contributed by atoms with Crippen molar-refractivity contribution in [2.45, 2.75) is 27.2 Å². The molecule has 0 radical (unpaired) electrons. The molecule has 0 aliphatic heterocycles. The molecule has 0 unspecified atom stereocenters. The lowest BCUT2D eigenvalue weighted by Gasteiger charge is -2.19. The number of benzene rings is 1. The van der Waals surface area contributed by atoms with Crippen LogP contribution in [-0.4, -0.2) is 5.11 Å². The van der Waals surface area contributed by atoms with Gasteiger partial charge in [-0.2, -0.15) is 0 Å². The highest BCUT2D eigenvalue weighted by Gasteiger charge is 2.22. The lowest BCUT2D eigenvalue weighted by atomic mass is 9.85. The molecule has 0 saturated heterocycles. The second-order valence-corrected chi connectivity index (χ2v) is 4.98. The fourth-order valence-electron chi connectivity index (χ4n) is 1.81. The highest BCUT2D eigenvalue weighted by atomic mass is 16.3. The summed E-state index contributed by atoms with van der Waals surface area (Å²) in [5.74, 6) is 0.368. The van der Waals surface area contributed by atoms with E-state index in [0.29, 0.717) is 5.75 Å². The van der Waals surface area contributed by atoms with Gasteiger partial charge in [-0.25, -0.2) is 0 Å². The molecule has 1 aromatic carbocycles. The third-order valence-corrected chi connectivity index (χ3v) is 2.80. The van der Waals surface area contributed by atoms with E-state index in [2.05, 4.69) is 26.8 Å². The molecule has 0 spiro atoms. The van der Waals surface area contributed by atoms with Gasteiger partial charge >= 0.3 is 0 Å². The molecule has 74 valence electrons. The zero-order chi connectivity index (χ0) is 10.3. The topological polar surface area (TPSA) is 20.2 Å². The van der Waals surface area contributed by atoms with E-state index in [9.17, 15) is 5.11 Å². The van der Waals surface area contributed by atoms with Gasteiger partial charge in [-0.15, -0.1) is 0 Å². The van der Waals surface area contributed by atoms with Crippen LogP contribution in [0.5, 0.6) is 5.75 Å². The van der Waals surface area contributed by atoms with E-state index in [4.69, 9.17) is 0 Å². The largest absolute Gasteiger partial charge is 0.508 e. The van der Waals surface area contributed by atoms with E-state index in [0.717, 1.165) is 6.42 Å². The summed E-state index contributed by atoms with van der Waals surface area (Å²) in [7, 11) is 0. The van der Waals surface area contributed by atoms with Crippen LogP contribution in [0.1, 0.15) is 31.9 Å². The number of fused-ring (bicyclic) bond motifs is 1. The van der Waals surface area contributed by atoms with Gasteiger partial charge in [0.15, 0.2) is 0 Å². The summed E-state index contributed by atoms with van der Waals surface area (Å²) in [6.07, 6.45) is 3.22. The monoisotopic (exact) mass is 188 g/mol. The maximum Gasteiger partial charge on any atom is 0.115 e. The van der Waals surface area contributed by atoms with Crippen LogP contribution >= 0.6 is 0 Å². The molecule has 14 heavy (non-hydrogen) atoms. The summed E-state index contributed by atoms with van der Waals surface area (Å²) in [4.78, 5) is 0. The van der Waals surface area contributed by atoms with Gasteiger partial charge in [-0.3, -0.25) is 0 Å². The van der Waals surface area contributed by atoms with Crippen LogP contribution in [0.25, 0.3) is 6.08 Å². The minimum Gasteiger partial charge on any atom is -0.508 e. The number of allylic oxidation sites excluding steroid dienone is 1. The minimum absolute atomic E-state index is 0.231. The molecule has 1 aromatic rings. The first-order valence-corrected chi connectivity index (χ1v) is 5.00. The van der Waals surface area contributed by atoms with E-state index >= 15 is 0 Å². The summed E-state index contributed by atoms with van der Waals surface area (Å²) in [6.45, 7) is 6.68. The second kappa shape index (κ2) is 2.88. The van der Waals surface area contributed by atoms with E-state index in [1.54, 1.807) is 6.07 Å². The van der Waals surface area contributed by atoms with Crippen LogP contribution in [0.15, 0.2) is 23.8 Å². The van der Waals surface area contributed by atoms with Crippen molar-refractivity contribution in [1.29, 1.82) is 0 Å². The normalized spacial score (nSPS) is 15.2. The summed E-state index contributed by atoms with van der Waals surface area (Å²) in [5.41, 5.74) is 4.18. The standard InChI is InChI=1S/C13H16O/c1-13(2,3)11-6-9-4-5-12(14)8-10(9)7-11/h4-6,8,14H,7H2,1-3H3. The maximum atomic E-state index is 9.36. The number of hydrogen-bond acceptors (Lipinski definition) is 1. The van der Waals surface area contributed by atoms with Gasteiger partial charge in [0.25, 0.3) is 0 Å². The summed E-state index contributed by atoms with van der Waals surface area (Å²) in [6, 6.07) is 5.61. The molecule has 0 amide bonds. The zero-order valence-corrected chi connectivity index (χ0v) is 8.96. The smallest absolute Gasteiger partial charge is 0.115 e. The Morgan fingerprint density at radius 1 is 1.21 bits per heavy atom. The van der Waals surface area contributed by atoms with Crippen LogP contribution in [0.3, 0.4) is 0 Å². The van der Waals surface area contributed by atoms with Crippen molar-refractivity contribution in [2.24, 2.45) is 5.41 Å². The quantitative estimate of drug-likeness (QED) is 0.661. The van der Waals surface area contributed by atoms with E-state index in [1.807, 2.05) is 12.1 Å². The van der Waals surface area contributed by atoms with E-state index in [1.165, 1.54) is 16.7 Å². The van der Waals surface area contributed by atoms with Crippen molar-refractivity contribution >= 4 is 6.08 Å². The van der Waals surface area contributed by atoms with Crippen molar-refractivity contribution < 1.29 is 5.11 Å². The van der Waals surface area contributed by atoms with Crippen LogP contribution in [-0.2, 0) is 6.42 Å². The van der Waals surface area contributed by atoms with Crippen LogP contribution < -0.4 is 0 Å². The molecule has 2 rings (SSSR count). The molecule has 0 atom stereocenters. The Hall–Kier alpha value is -1.24. The van der Waals surface area contributed by atoms with Crippen molar-refractivity contribution in [3.05, 3.63) is 34.9 Å². The Morgan fingerprint density at radius 3 is 2.57 bits per heavy atom. The zero-order valence-electron chi connectivity index (χ0n) is 8.96. The Balaban J connectivity index is 2.37. The van der Waals surface area contributed by atoms with Crippen molar-refractivity contribution in [1.82, 2.24) is 0 Å². The SMILES string of the molecule is CC(C)(C)C1=Cc2ccc(O)cc2C1. The Kier molecular flexibility index (Phi) is 1.91. The number of rotatable bonds is 0. The molecule has 1 aliphatic rings. The molecular weight excluding hydrogens is 172 g/mol. The predicted octanol–water partition coefficient (Wildman–Crippen LogP) is 3.38. The average molecular weight is 188 g/mol. The summed E-state index contributed by atoms with van der Waals surface area (Å²) < 4.78 is 0. The van der Waals surface area contributed by atoms with Crippen LogP contribution in [0.2, 0.25) is 0 Å². The molecule has 1 heteroatoms. The number of hydrogen-bond donors (Lipinski definition) is 1. The number of phenols is 1. The maximum absolute atomic E-state index is 9.36. The van der Waals surface area contributed by atoms with Gasteiger partial charge in [-0.1, -0.05) is 38.5 Å². The second-order valence-electron chi connectivity index (χ2n) is 4.98. The van der Waals surface area contributed by atoms with Crippen molar-refractivity contribution in [2.75, 3.05) is 0 Å². The molecule has 1 nitrogen and oxygen atoms in total. The molecule has 0 heterocycles. The molecule has 0 saturated carbocycles.